The topological polar surface area (TPSA) is 64.7 Å². The monoisotopic (exact) mass is 752 g/mol. The summed E-state index contributed by atoms with van der Waals surface area (Å²) in [5.41, 5.74) is 9.18. The second-order valence-electron chi connectivity index (χ2n) is 14.9. The van der Waals surface area contributed by atoms with Crippen LogP contribution >= 0.6 is 0 Å². The molecule has 9 aromatic carbocycles. The number of fused-ring (bicyclic) bond motifs is 11. The smallest absolute Gasteiger partial charge is 0.164 e. The van der Waals surface area contributed by atoms with E-state index in [1.54, 1.807) is 0 Å². The number of aromatic nitrogens is 4. The number of furan rings is 1. The maximum atomic E-state index is 6.77. The van der Waals surface area contributed by atoms with Gasteiger partial charge in [-0.25, -0.2) is 19.9 Å². The Bertz CT molecular complexity index is 3520. The predicted molar refractivity (Wildman–Crippen MR) is 242 cm³/mol. The summed E-state index contributed by atoms with van der Waals surface area (Å²) in [6.45, 7) is 0. The SMILES string of the molecule is c1ccc(-c2nc(-c3ccccc3)nc(-c3cccc(-c4cccc5c4nc(-c4ccc6c7ccccc7c7ccccc7c6c4)c4c6ccccc6oc54)c3)n2)cc1. The standard InChI is InChI=1S/C54H32N4O/c1-3-15-33(16-4-1)52-56-53(34-17-5-2-6-18-34)58-54(57-52)37-20-13-19-35(31-37)38-26-14-27-45-50(38)55-49(48-44-25-11-12-28-47(44)59-51(45)48)36-29-30-43-41-23-8-7-21-39(41)40-22-9-10-24-42(40)46(43)32-36/h1-32H. The number of para-hydroxylation sites is 2. The lowest BCUT2D eigenvalue weighted by Crippen LogP contribution is -2.00. The molecule has 0 radical (unpaired) electrons. The van der Waals surface area contributed by atoms with Crippen molar-refractivity contribution in [1.29, 1.82) is 0 Å². The number of nitrogens with zero attached hydrogens (tertiary/aromatic N) is 4. The molecule has 0 fully saturated rings. The van der Waals surface area contributed by atoms with Crippen LogP contribution in [-0.4, -0.2) is 19.9 Å². The molecule has 274 valence electrons. The van der Waals surface area contributed by atoms with Crippen molar-refractivity contribution < 1.29 is 4.42 Å². The normalized spacial score (nSPS) is 11.7. The summed E-state index contributed by atoms with van der Waals surface area (Å²) in [7, 11) is 0. The molecule has 0 aliphatic heterocycles. The van der Waals surface area contributed by atoms with Crippen LogP contribution in [-0.2, 0) is 0 Å². The minimum atomic E-state index is 0.601. The van der Waals surface area contributed by atoms with E-state index in [0.717, 1.165) is 71.9 Å². The molecular weight excluding hydrogens is 721 g/mol. The molecule has 0 aliphatic rings. The lowest BCUT2D eigenvalue weighted by molar-refractivity contribution is 0.672. The summed E-state index contributed by atoms with van der Waals surface area (Å²) in [5, 5.41) is 10.4. The van der Waals surface area contributed by atoms with E-state index < -0.39 is 0 Å². The number of pyridine rings is 1. The van der Waals surface area contributed by atoms with Gasteiger partial charge in [-0.05, 0) is 62.1 Å². The molecule has 3 aromatic heterocycles. The van der Waals surface area contributed by atoms with Crippen molar-refractivity contribution in [2.45, 2.75) is 0 Å². The Morgan fingerprint density at radius 1 is 0.305 bits per heavy atom. The molecule has 5 nitrogen and oxygen atoms in total. The van der Waals surface area contributed by atoms with Crippen molar-refractivity contribution in [3.8, 4) is 56.5 Å². The quantitative estimate of drug-likeness (QED) is 0.164. The molecule has 0 spiro atoms. The van der Waals surface area contributed by atoms with Crippen LogP contribution in [0.5, 0.6) is 0 Å². The van der Waals surface area contributed by atoms with Gasteiger partial charge in [0.15, 0.2) is 17.5 Å². The first kappa shape index (κ1) is 33.2. The highest BCUT2D eigenvalue weighted by Gasteiger charge is 2.21. The third kappa shape index (κ3) is 5.40. The van der Waals surface area contributed by atoms with Gasteiger partial charge in [0.1, 0.15) is 11.2 Å². The molecule has 0 unspecified atom stereocenters. The van der Waals surface area contributed by atoms with Crippen LogP contribution in [0, 0.1) is 0 Å². The summed E-state index contributed by atoms with van der Waals surface area (Å²) in [6.07, 6.45) is 0. The summed E-state index contributed by atoms with van der Waals surface area (Å²) in [6, 6.07) is 67.4. The first-order valence-electron chi connectivity index (χ1n) is 19.8. The van der Waals surface area contributed by atoms with Gasteiger partial charge in [0.05, 0.1) is 16.6 Å². The summed E-state index contributed by atoms with van der Waals surface area (Å²) in [4.78, 5) is 20.6. The van der Waals surface area contributed by atoms with Gasteiger partial charge in [-0.2, -0.15) is 0 Å². The molecule has 0 saturated heterocycles. The van der Waals surface area contributed by atoms with Gasteiger partial charge in [-0.1, -0.05) is 170 Å². The van der Waals surface area contributed by atoms with Crippen molar-refractivity contribution in [2.24, 2.45) is 0 Å². The Balaban J connectivity index is 1.09. The van der Waals surface area contributed by atoms with Gasteiger partial charge >= 0.3 is 0 Å². The lowest BCUT2D eigenvalue weighted by atomic mass is 9.92. The van der Waals surface area contributed by atoms with Gasteiger partial charge in [0, 0.05) is 38.6 Å². The molecule has 0 N–H and O–H groups in total. The minimum absolute atomic E-state index is 0.601. The van der Waals surface area contributed by atoms with Crippen molar-refractivity contribution in [1.82, 2.24) is 19.9 Å². The highest BCUT2D eigenvalue weighted by atomic mass is 16.3. The van der Waals surface area contributed by atoms with Crippen LogP contribution in [0.15, 0.2) is 199 Å². The maximum Gasteiger partial charge on any atom is 0.164 e. The largest absolute Gasteiger partial charge is 0.455 e. The Hall–Kier alpha value is -8.02. The van der Waals surface area contributed by atoms with Gasteiger partial charge in [0.25, 0.3) is 0 Å². The van der Waals surface area contributed by atoms with Gasteiger partial charge in [-0.15, -0.1) is 0 Å². The first-order chi connectivity index (χ1) is 29.2. The van der Waals surface area contributed by atoms with E-state index in [9.17, 15) is 0 Å². The molecule has 0 atom stereocenters. The van der Waals surface area contributed by atoms with Crippen LogP contribution in [0.1, 0.15) is 0 Å². The highest BCUT2D eigenvalue weighted by molar-refractivity contribution is 6.27. The lowest BCUT2D eigenvalue weighted by Gasteiger charge is -2.14. The fraction of sp³-hybridized carbons (Fsp3) is 0. The molecule has 0 bridgehead atoms. The molecule has 0 amide bonds. The Morgan fingerprint density at radius 3 is 1.46 bits per heavy atom. The maximum absolute atomic E-state index is 6.77. The molecule has 12 aromatic rings. The van der Waals surface area contributed by atoms with Crippen LogP contribution in [0.4, 0.5) is 0 Å². The van der Waals surface area contributed by atoms with Crippen LogP contribution in [0.2, 0.25) is 0 Å². The minimum Gasteiger partial charge on any atom is -0.455 e. The van der Waals surface area contributed by atoms with E-state index in [1.807, 2.05) is 72.8 Å². The molecule has 0 saturated carbocycles. The fourth-order valence-electron chi connectivity index (χ4n) is 8.75. The van der Waals surface area contributed by atoms with E-state index in [2.05, 4.69) is 121 Å². The predicted octanol–water partition coefficient (Wildman–Crippen LogP) is 14.1. The zero-order valence-electron chi connectivity index (χ0n) is 31.7. The van der Waals surface area contributed by atoms with E-state index in [0.29, 0.717) is 17.5 Å². The van der Waals surface area contributed by atoms with Gasteiger partial charge in [-0.3, -0.25) is 0 Å². The van der Waals surface area contributed by atoms with Crippen LogP contribution < -0.4 is 0 Å². The second kappa shape index (κ2) is 13.3. The van der Waals surface area contributed by atoms with Crippen molar-refractivity contribution in [2.75, 3.05) is 0 Å². The zero-order chi connectivity index (χ0) is 38.9. The molecule has 5 heteroatoms. The Morgan fingerprint density at radius 2 is 0.797 bits per heavy atom. The van der Waals surface area contributed by atoms with E-state index >= 15 is 0 Å². The molecule has 3 heterocycles. The molecule has 0 aliphatic carbocycles. The zero-order valence-corrected chi connectivity index (χ0v) is 31.7. The third-order valence-corrected chi connectivity index (χ3v) is 11.5. The fourth-order valence-corrected chi connectivity index (χ4v) is 8.75. The summed E-state index contributed by atoms with van der Waals surface area (Å²) >= 11 is 0. The van der Waals surface area contributed by atoms with Crippen molar-refractivity contribution >= 4 is 65.2 Å². The van der Waals surface area contributed by atoms with E-state index in [1.165, 1.54) is 32.3 Å². The average molecular weight is 753 g/mol. The van der Waals surface area contributed by atoms with Crippen molar-refractivity contribution in [3.05, 3.63) is 194 Å². The molecular formula is C54H32N4O. The van der Waals surface area contributed by atoms with Crippen LogP contribution in [0.3, 0.4) is 0 Å². The first-order valence-corrected chi connectivity index (χ1v) is 19.8. The number of hydrogen-bond donors (Lipinski definition) is 0. The summed E-state index contributed by atoms with van der Waals surface area (Å²) in [5.74, 6) is 1.85. The van der Waals surface area contributed by atoms with Gasteiger partial charge in [0.2, 0.25) is 0 Å². The van der Waals surface area contributed by atoms with Crippen molar-refractivity contribution in [3.63, 3.8) is 0 Å². The number of rotatable bonds is 5. The molecule has 12 rings (SSSR count). The Labute approximate surface area is 338 Å². The molecule has 59 heavy (non-hydrogen) atoms. The van der Waals surface area contributed by atoms with Crippen LogP contribution in [0.25, 0.3) is 122 Å². The second-order valence-corrected chi connectivity index (χ2v) is 14.9. The average Bonchev–Trinajstić information content (AvgIpc) is 3.72. The summed E-state index contributed by atoms with van der Waals surface area (Å²) < 4.78 is 6.77. The van der Waals surface area contributed by atoms with Gasteiger partial charge < -0.3 is 4.42 Å². The number of hydrogen-bond acceptors (Lipinski definition) is 5. The van der Waals surface area contributed by atoms with E-state index in [-0.39, 0.29) is 0 Å². The third-order valence-electron chi connectivity index (χ3n) is 11.5. The number of benzene rings is 9. The highest BCUT2D eigenvalue weighted by Crippen LogP contribution is 2.44. The van der Waals surface area contributed by atoms with E-state index in [4.69, 9.17) is 24.4 Å². The Kier molecular flexibility index (Phi) is 7.47.